The highest BCUT2D eigenvalue weighted by molar-refractivity contribution is 6.84. The number of nitrogens with zero attached hydrogens (tertiary/aromatic N) is 3. The highest BCUT2D eigenvalue weighted by Crippen LogP contribution is 2.37. The lowest BCUT2D eigenvalue weighted by molar-refractivity contribution is -0.676. The smallest absolute Gasteiger partial charge is 0.311 e. The molecule has 176 valence electrons. The fourth-order valence-electron chi connectivity index (χ4n) is 5.99. The molecule has 0 unspecified atom stereocenters. The van der Waals surface area contributed by atoms with Gasteiger partial charge in [0.2, 0.25) is 6.33 Å². The standard InChI is InChI=1S/C32H30BN3/c1-22-13-11-14-23(2)28(22)29-27-19-9-10-20-36(27)33(30-24(3)15-12-16-25(30)4)32-31(29)34(5)21-35(32)26-17-7-6-8-18-26/h6-20H,1-5H3. The van der Waals surface area contributed by atoms with Gasteiger partial charge in [0.1, 0.15) is 0 Å². The van der Waals surface area contributed by atoms with Crippen molar-refractivity contribution in [3.63, 3.8) is 0 Å². The van der Waals surface area contributed by atoms with Gasteiger partial charge in [0.15, 0.2) is 0 Å². The number of aromatic nitrogens is 2. The molecule has 0 bridgehead atoms. The van der Waals surface area contributed by atoms with E-state index in [-0.39, 0.29) is 6.85 Å². The highest BCUT2D eigenvalue weighted by atomic mass is 15.2. The van der Waals surface area contributed by atoms with Crippen molar-refractivity contribution in [3.05, 3.63) is 137 Å². The second-order valence-electron chi connectivity index (χ2n) is 9.91. The SMILES string of the molecule is Cc1cccc(C)c1B1c2c([n+](C)[c-]n2-c2ccccc2)C(c2c(C)cccc2C)=C2C=CC=CN12. The third-order valence-corrected chi connectivity index (χ3v) is 7.55. The first-order chi connectivity index (χ1) is 17.5. The summed E-state index contributed by atoms with van der Waals surface area (Å²) in [5.74, 6) is 0. The molecule has 0 fully saturated rings. The first-order valence-electron chi connectivity index (χ1n) is 12.6. The van der Waals surface area contributed by atoms with Crippen molar-refractivity contribution < 1.29 is 4.57 Å². The summed E-state index contributed by atoms with van der Waals surface area (Å²) in [6.07, 6.45) is 12.5. The minimum Gasteiger partial charge on any atom is -0.389 e. The summed E-state index contributed by atoms with van der Waals surface area (Å²) >= 11 is 0. The van der Waals surface area contributed by atoms with E-state index in [0.717, 1.165) is 5.69 Å². The molecule has 2 aliphatic heterocycles. The zero-order chi connectivity index (χ0) is 25.0. The number of rotatable bonds is 3. The van der Waals surface area contributed by atoms with Crippen molar-refractivity contribution in [1.29, 1.82) is 0 Å². The molecule has 3 nitrogen and oxygen atoms in total. The van der Waals surface area contributed by atoms with Gasteiger partial charge in [-0.25, -0.2) is 0 Å². The summed E-state index contributed by atoms with van der Waals surface area (Å²) in [5.41, 5.74) is 13.9. The Kier molecular flexibility index (Phi) is 5.33. The molecular weight excluding hydrogens is 437 g/mol. The molecule has 0 saturated heterocycles. The van der Waals surface area contributed by atoms with Gasteiger partial charge in [-0.3, -0.25) is 0 Å². The van der Waals surface area contributed by atoms with Crippen LogP contribution in [0.15, 0.2) is 96.9 Å². The number of aryl methyl sites for hydroxylation is 5. The van der Waals surface area contributed by atoms with Crippen LogP contribution < -0.4 is 15.6 Å². The Hall–Kier alpha value is -4.05. The van der Waals surface area contributed by atoms with Gasteiger partial charge in [-0.15, -0.1) is 0 Å². The summed E-state index contributed by atoms with van der Waals surface area (Å²) in [7, 11) is 2.13. The number of fused-ring (bicyclic) bond motifs is 2. The van der Waals surface area contributed by atoms with E-state index in [4.69, 9.17) is 0 Å². The molecular formula is C32H30BN3. The molecule has 6 rings (SSSR count). The maximum Gasteiger partial charge on any atom is 0.311 e. The quantitative estimate of drug-likeness (QED) is 0.244. The van der Waals surface area contributed by atoms with Gasteiger partial charge >= 0.3 is 6.85 Å². The van der Waals surface area contributed by atoms with E-state index in [1.165, 1.54) is 55.8 Å². The molecule has 0 N–H and O–H groups in total. The van der Waals surface area contributed by atoms with Gasteiger partial charge < -0.3 is 13.9 Å². The predicted octanol–water partition coefficient (Wildman–Crippen LogP) is 4.60. The number of hydrogen-bond donors (Lipinski definition) is 0. The fraction of sp³-hybridized carbons (Fsp3) is 0.156. The number of para-hydroxylation sites is 1. The van der Waals surface area contributed by atoms with Crippen LogP contribution in [0.3, 0.4) is 0 Å². The number of allylic oxidation sites excluding steroid dienone is 3. The first-order valence-corrected chi connectivity index (χ1v) is 12.6. The molecule has 0 spiro atoms. The Morgan fingerprint density at radius 1 is 0.750 bits per heavy atom. The van der Waals surface area contributed by atoms with Gasteiger partial charge in [0, 0.05) is 16.9 Å². The van der Waals surface area contributed by atoms with E-state index in [9.17, 15) is 0 Å². The summed E-state index contributed by atoms with van der Waals surface area (Å²) in [5, 5.41) is 0. The zero-order valence-electron chi connectivity index (χ0n) is 21.6. The van der Waals surface area contributed by atoms with Crippen LogP contribution in [0.2, 0.25) is 0 Å². The molecule has 4 heteroatoms. The number of benzene rings is 3. The summed E-state index contributed by atoms with van der Waals surface area (Å²) in [6, 6.07) is 23.8. The van der Waals surface area contributed by atoms with Gasteiger partial charge in [0.25, 0.3) is 0 Å². The summed E-state index contributed by atoms with van der Waals surface area (Å²) in [6.45, 7) is 8.92. The molecule has 0 radical (unpaired) electrons. The Balaban J connectivity index is 1.77. The summed E-state index contributed by atoms with van der Waals surface area (Å²) in [4.78, 5) is 2.46. The topological polar surface area (TPSA) is 12.0 Å². The first kappa shape index (κ1) is 22.4. The monoisotopic (exact) mass is 467 g/mol. The predicted molar refractivity (Wildman–Crippen MR) is 149 cm³/mol. The third kappa shape index (κ3) is 3.32. The third-order valence-electron chi connectivity index (χ3n) is 7.55. The van der Waals surface area contributed by atoms with Crippen molar-refractivity contribution in [2.75, 3.05) is 0 Å². The second kappa shape index (κ2) is 8.56. The van der Waals surface area contributed by atoms with Crippen molar-refractivity contribution in [3.8, 4) is 5.69 Å². The van der Waals surface area contributed by atoms with Crippen molar-refractivity contribution in [2.24, 2.45) is 7.05 Å². The Labute approximate surface area is 214 Å². The van der Waals surface area contributed by atoms with Crippen LogP contribution in [-0.2, 0) is 7.05 Å². The fourth-order valence-corrected chi connectivity index (χ4v) is 5.99. The largest absolute Gasteiger partial charge is 0.389 e. The molecule has 3 aromatic carbocycles. The van der Waals surface area contributed by atoms with Crippen molar-refractivity contribution in [2.45, 2.75) is 27.7 Å². The van der Waals surface area contributed by atoms with Crippen molar-refractivity contribution >= 4 is 23.5 Å². The Morgan fingerprint density at radius 3 is 2.06 bits per heavy atom. The number of imidazole rings is 1. The van der Waals surface area contributed by atoms with E-state index in [1.807, 2.05) is 0 Å². The van der Waals surface area contributed by atoms with Crippen LogP contribution in [0.5, 0.6) is 0 Å². The van der Waals surface area contributed by atoms with E-state index < -0.39 is 0 Å². The molecule has 36 heavy (non-hydrogen) atoms. The molecule has 0 saturated carbocycles. The molecule has 4 aromatic rings. The Morgan fingerprint density at radius 2 is 1.39 bits per heavy atom. The highest BCUT2D eigenvalue weighted by Gasteiger charge is 2.41. The molecule has 0 aliphatic carbocycles. The van der Waals surface area contributed by atoms with E-state index in [0.29, 0.717) is 0 Å². The van der Waals surface area contributed by atoms with Crippen LogP contribution in [0.1, 0.15) is 33.5 Å². The normalized spacial score (nSPS) is 14.4. The molecule has 2 aliphatic rings. The molecule has 0 amide bonds. The lowest BCUT2D eigenvalue weighted by Crippen LogP contribution is -2.61. The van der Waals surface area contributed by atoms with Crippen LogP contribution in [-0.4, -0.2) is 16.2 Å². The van der Waals surface area contributed by atoms with Crippen LogP contribution in [0, 0.1) is 34.0 Å². The summed E-state index contributed by atoms with van der Waals surface area (Å²) < 4.78 is 4.46. The van der Waals surface area contributed by atoms with E-state index in [1.54, 1.807) is 0 Å². The zero-order valence-corrected chi connectivity index (χ0v) is 21.6. The van der Waals surface area contributed by atoms with Crippen LogP contribution >= 0.6 is 0 Å². The average molecular weight is 467 g/mol. The molecule has 1 aromatic heterocycles. The lowest BCUT2D eigenvalue weighted by atomic mass is 9.46. The van der Waals surface area contributed by atoms with Crippen molar-refractivity contribution in [1.82, 2.24) is 9.38 Å². The van der Waals surface area contributed by atoms with Crippen LogP contribution in [0.25, 0.3) is 11.3 Å². The Bertz CT molecular complexity index is 1550. The second-order valence-corrected chi connectivity index (χ2v) is 9.91. The maximum atomic E-state index is 3.68. The number of hydrogen-bond acceptors (Lipinski definition) is 1. The maximum absolute atomic E-state index is 3.68. The van der Waals surface area contributed by atoms with Gasteiger partial charge in [-0.1, -0.05) is 89.4 Å². The van der Waals surface area contributed by atoms with Crippen LogP contribution in [0.4, 0.5) is 0 Å². The lowest BCUT2D eigenvalue weighted by Gasteiger charge is -2.40. The van der Waals surface area contributed by atoms with Gasteiger partial charge in [-0.2, -0.15) is 0 Å². The average Bonchev–Trinajstić information content (AvgIpc) is 3.22. The van der Waals surface area contributed by atoms with E-state index >= 15 is 0 Å². The minimum absolute atomic E-state index is 0.0168. The van der Waals surface area contributed by atoms with Gasteiger partial charge in [0.05, 0.1) is 18.4 Å². The minimum atomic E-state index is 0.0168. The molecule has 0 atom stereocenters. The van der Waals surface area contributed by atoms with E-state index in [2.05, 4.69) is 146 Å². The molecule has 3 heterocycles. The van der Waals surface area contributed by atoms with Gasteiger partial charge in [-0.05, 0) is 62.7 Å².